The highest BCUT2D eigenvalue weighted by molar-refractivity contribution is 6.03. The van der Waals surface area contributed by atoms with Crippen molar-refractivity contribution in [3.63, 3.8) is 0 Å². The maximum atomic E-state index is 14.6. The summed E-state index contributed by atoms with van der Waals surface area (Å²) in [5.74, 6) is 0.0154. The Bertz CT molecular complexity index is 1370. The predicted molar refractivity (Wildman–Crippen MR) is 139 cm³/mol. The first-order chi connectivity index (χ1) is 17.5. The molecule has 1 saturated heterocycles. The van der Waals surface area contributed by atoms with Crippen LogP contribution in [0.4, 0.5) is 31.2 Å². The van der Waals surface area contributed by atoms with E-state index in [2.05, 4.69) is 20.2 Å². The minimum absolute atomic E-state index is 0.0436. The number of hydrogen-bond donors (Lipinski definition) is 1. The SMILES string of the molecule is Cc1cn2cc(NC(=O)N3CCc4c(N5CCN(C(=O)OC(C)(C)C)[C@H](C)C5)ccnc43)c(F)cc2n1. The van der Waals surface area contributed by atoms with E-state index in [1.165, 1.54) is 12.3 Å². The maximum absolute atomic E-state index is 14.6. The second-order valence-electron chi connectivity index (χ2n) is 10.6. The molecule has 0 unspecified atom stereocenters. The van der Waals surface area contributed by atoms with Crippen molar-refractivity contribution in [3.8, 4) is 0 Å². The summed E-state index contributed by atoms with van der Waals surface area (Å²) in [5, 5.41) is 2.69. The monoisotopic (exact) mass is 509 g/mol. The molecule has 0 bridgehead atoms. The van der Waals surface area contributed by atoms with Crippen molar-refractivity contribution >= 4 is 35.0 Å². The molecule has 1 fully saturated rings. The summed E-state index contributed by atoms with van der Waals surface area (Å²) in [6.07, 6.45) is 5.31. The molecule has 37 heavy (non-hydrogen) atoms. The third kappa shape index (κ3) is 4.90. The summed E-state index contributed by atoms with van der Waals surface area (Å²) >= 11 is 0. The van der Waals surface area contributed by atoms with Crippen LogP contribution in [0.1, 0.15) is 39.0 Å². The molecule has 11 heteroatoms. The van der Waals surface area contributed by atoms with Gasteiger partial charge in [-0.1, -0.05) is 0 Å². The van der Waals surface area contributed by atoms with E-state index in [9.17, 15) is 14.0 Å². The van der Waals surface area contributed by atoms with Gasteiger partial charge in [-0.2, -0.15) is 0 Å². The minimum atomic E-state index is -0.551. The van der Waals surface area contributed by atoms with Crippen molar-refractivity contribution in [1.29, 1.82) is 0 Å². The Balaban J connectivity index is 1.31. The lowest BCUT2D eigenvalue weighted by atomic mass is 10.1. The first kappa shape index (κ1) is 24.8. The minimum Gasteiger partial charge on any atom is -0.444 e. The highest BCUT2D eigenvalue weighted by Crippen LogP contribution is 2.35. The van der Waals surface area contributed by atoms with E-state index in [-0.39, 0.29) is 17.8 Å². The molecule has 0 aliphatic carbocycles. The number of aromatic nitrogens is 3. The van der Waals surface area contributed by atoms with Gasteiger partial charge in [-0.05, 0) is 47.1 Å². The average Bonchev–Trinajstić information content (AvgIpc) is 3.40. The first-order valence-electron chi connectivity index (χ1n) is 12.5. The van der Waals surface area contributed by atoms with Crippen LogP contribution >= 0.6 is 0 Å². The second-order valence-corrected chi connectivity index (χ2v) is 10.6. The van der Waals surface area contributed by atoms with Gasteiger partial charge in [0, 0.05) is 68.1 Å². The number of urea groups is 1. The Morgan fingerprint density at radius 3 is 2.70 bits per heavy atom. The molecule has 3 aromatic heterocycles. The summed E-state index contributed by atoms with van der Waals surface area (Å²) in [6.45, 7) is 11.7. The van der Waals surface area contributed by atoms with E-state index < -0.39 is 17.4 Å². The van der Waals surface area contributed by atoms with Crippen LogP contribution < -0.4 is 15.1 Å². The maximum Gasteiger partial charge on any atom is 0.410 e. The molecule has 0 saturated carbocycles. The van der Waals surface area contributed by atoms with Crippen LogP contribution in [-0.2, 0) is 11.2 Å². The molecule has 3 aromatic rings. The van der Waals surface area contributed by atoms with Gasteiger partial charge in [0.15, 0.2) is 5.82 Å². The van der Waals surface area contributed by atoms with E-state index in [0.29, 0.717) is 44.1 Å². The van der Waals surface area contributed by atoms with E-state index in [4.69, 9.17) is 4.74 Å². The smallest absolute Gasteiger partial charge is 0.410 e. The summed E-state index contributed by atoms with van der Waals surface area (Å²) in [5.41, 5.74) is 2.73. The van der Waals surface area contributed by atoms with Crippen molar-refractivity contribution in [2.24, 2.45) is 0 Å². The second kappa shape index (κ2) is 9.20. The fraction of sp³-hybridized carbons (Fsp3) is 0.462. The van der Waals surface area contributed by atoms with Crippen LogP contribution in [0.15, 0.2) is 30.7 Å². The molecular formula is C26H32FN7O3. The van der Waals surface area contributed by atoms with Gasteiger partial charge in [0.05, 0.1) is 11.4 Å². The molecule has 2 aliphatic heterocycles. The van der Waals surface area contributed by atoms with Crippen LogP contribution in [0.5, 0.6) is 0 Å². The van der Waals surface area contributed by atoms with E-state index in [1.54, 1.807) is 26.6 Å². The van der Waals surface area contributed by atoms with E-state index in [1.807, 2.05) is 40.7 Å². The summed E-state index contributed by atoms with van der Waals surface area (Å²) < 4.78 is 21.9. The zero-order valence-corrected chi connectivity index (χ0v) is 21.8. The molecular weight excluding hydrogens is 477 g/mol. The molecule has 2 aliphatic rings. The van der Waals surface area contributed by atoms with Crippen molar-refractivity contribution in [2.45, 2.75) is 52.7 Å². The van der Waals surface area contributed by atoms with Gasteiger partial charge in [0.25, 0.3) is 0 Å². The van der Waals surface area contributed by atoms with Crippen molar-refractivity contribution in [3.05, 3.63) is 47.8 Å². The summed E-state index contributed by atoms with van der Waals surface area (Å²) in [7, 11) is 0. The fourth-order valence-corrected chi connectivity index (χ4v) is 4.95. The van der Waals surface area contributed by atoms with Gasteiger partial charge < -0.3 is 24.3 Å². The molecule has 0 radical (unpaired) electrons. The molecule has 3 amide bonds. The fourth-order valence-electron chi connectivity index (χ4n) is 4.95. The van der Waals surface area contributed by atoms with Gasteiger partial charge in [0.1, 0.15) is 17.1 Å². The largest absolute Gasteiger partial charge is 0.444 e. The number of carbonyl (C=O) groups excluding carboxylic acids is 2. The third-order valence-corrected chi connectivity index (χ3v) is 6.60. The van der Waals surface area contributed by atoms with Crippen LogP contribution in [-0.4, -0.2) is 69.2 Å². The van der Waals surface area contributed by atoms with Gasteiger partial charge in [-0.25, -0.2) is 23.9 Å². The highest BCUT2D eigenvalue weighted by Gasteiger charge is 2.34. The number of amides is 3. The van der Waals surface area contributed by atoms with Gasteiger partial charge in [-0.3, -0.25) is 4.90 Å². The summed E-state index contributed by atoms with van der Waals surface area (Å²) in [4.78, 5) is 40.0. The standard InChI is InChI=1S/C26H32FN7O3/c1-16-13-32-15-20(19(27)12-22(32)29-16)30-24(35)34-9-7-18-21(6-8-28-23(18)34)31-10-11-33(17(2)14-31)25(36)37-26(3,4)5/h6,8,12-13,15,17H,7,9-11,14H2,1-5H3,(H,30,35)/t17-/m1/s1. The highest BCUT2D eigenvalue weighted by atomic mass is 19.1. The Morgan fingerprint density at radius 1 is 1.19 bits per heavy atom. The number of piperazine rings is 1. The van der Waals surface area contributed by atoms with Crippen LogP contribution in [0.25, 0.3) is 5.65 Å². The Labute approximate surface area is 215 Å². The molecule has 10 nitrogen and oxygen atoms in total. The lowest BCUT2D eigenvalue weighted by Gasteiger charge is -2.41. The van der Waals surface area contributed by atoms with Crippen molar-refractivity contribution in [1.82, 2.24) is 19.3 Å². The number of halogens is 1. The van der Waals surface area contributed by atoms with Crippen LogP contribution in [0, 0.1) is 12.7 Å². The van der Waals surface area contributed by atoms with E-state index >= 15 is 0 Å². The molecule has 1 N–H and O–H groups in total. The van der Waals surface area contributed by atoms with E-state index in [0.717, 1.165) is 16.9 Å². The number of fused-ring (bicyclic) bond motifs is 2. The molecule has 5 rings (SSSR count). The van der Waals surface area contributed by atoms with Gasteiger partial charge in [0.2, 0.25) is 0 Å². The van der Waals surface area contributed by atoms with Crippen molar-refractivity contribution in [2.75, 3.05) is 41.3 Å². The Hall–Kier alpha value is -3.89. The molecule has 0 aromatic carbocycles. The molecule has 0 spiro atoms. The normalized spacial score (nSPS) is 17.8. The number of nitrogens with zero attached hydrogens (tertiary/aromatic N) is 6. The number of nitrogens with one attached hydrogen (secondary N) is 1. The number of anilines is 3. The number of imidazole rings is 1. The lowest BCUT2D eigenvalue weighted by Crippen LogP contribution is -2.55. The number of ether oxygens (including phenoxy) is 1. The average molecular weight is 510 g/mol. The first-order valence-corrected chi connectivity index (χ1v) is 12.5. The lowest BCUT2D eigenvalue weighted by molar-refractivity contribution is 0.0159. The molecule has 5 heterocycles. The zero-order valence-electron chi connectivity index (χ0n) is 21.8. The topological polar surface area (TPSA) is 95.3 Å². The molecule has 196 valence electrons. The number of rotatable bonds is 2. The number of carbonyl (C=O) groups is 2. The summed E-state index contributed by atoms with van der Waals surface area (Å²) in [6, 6.07) is 2.76. The number of hydrogen-bond acceptors (Lipinski definition) is 6. The number of aryl methyl sites for hydroxylation is 1. The predicted octanol–water partition coefficient (Wildman–Crippen LogP) is 4.22. The zero-order chi connectivity index (χ0) is 26.5. The third-order valence-electron chi connectivity index (χ3n) is 6.60. The van der Waals surface area contributed by atoms with Gasteiger partial charge in [-0.15, -0.1) is 0 Å². The molecule has 1 atom stereocenters. The van der Waals surface area contributed by atoms with Gasteiger partial charge >= 0.3 is 12.1 Å². The van der Waals surface area contributed by atoms with Crippen LogP contribution in [0.3, 0.4) is 0 Å². The Kier molecular flexibility index (Phi) is 6.17. The Morgan fingerprint density at radius 2 is 1.97 bits per heavy atom. The number of pyridine rings is 2. The van der Waals surface area contributed by atoms with Crippen molar-refractivity contribution < 1.29 is 18.7 Å². The quantitative estimate of drug-likeness (QED) is 0.556. The van der Waals surface area contributed by atoms with Crippen LogP contribution in [0.2, 0.25) is 0 Å².